The summed E-state index contributed by atoms with van der Waals surface area (Å²) in [5.41, 5.74) is 5.68. The summed E-state index contributed by atoms with van der Waals surface area (Å²) in [6.45, 7) is 23.3. The van der Waals surface area contributed by atoms with Crippen LogP contribution in [0.4, 0.5) is 0 Å². The van der Waals surface area contributed by atoms with Gasteiger partial charge in [-0.3, -0.25) is 14.8 Å². The molecule has 0 bridgehead atoms. The Balaban J connectivity index is 0.000000335. The average Bonchev–Trinajstić information content (AvgIpc) is 3.52. The summed E-state index contributed by atoms with van der Waals surface area (Å²) in [5.74, 6) is 0.904. The Morgan fingerprint density at radius 3 is 2.10 bits per heavy atom. The van der Waals surface area contributed by atoms with Crippen LogP contribution in [0.5, 0.6) is 0 Å². The van der Waals surface area contributed by atoms with Gasteiger partial charge in [0.1, 0.15) is 12.1 Å². The van der Waals surface area contributed by atoms with Crippen LogP contribution in [0, 0.1) is 22.8 Å². The minimum atomic E-state index is -0.337. The van der Waals surface area contributed by atoms with E-state index in [0.29, 0.717) is 5.92 Å². The molecule has 1 radical (unpaired) electrons. The number of allylic oxidation sites excluding steroid dienone is 2. The third-order valence-electron chi connectivity index (χ3n) is 10.5. The quantitative estimate of drug-likeness (QED) is 0.0812. The Bertz CT molecular complexity index is 1960. The minimum absolute atomic E-state index is 0. The van der Waals surface area contributed by atoms with Gasteiger partial charge in [-0.1, -0.05) is 105 Å². The second kappa shape index (κ2) is 17.5. The van der Waals surface area contributed by atoms with Gasteiger partial charge in [0.25, 0.3) is 0 Å². The van der Waals surface area contributed by atoms with Gasteiger partial charge < -0.3 is 5.11 Å². The third kappa shape index (κ3) is 9.80. The molecule has 5 rings (SSSR count). The van der Waals surface area contributed by atoms with Crippen LogP contribution in [0.3, 0.4) is 0 Å². The number of fused-ring (bicyclic) bond motifs is 2. The van der Waals surface area contributed by atoms with Crippen molar-refractivity contribution in [3.05, 3.63) is 89.4 Å². The standard InChI is InChI=1S/C29H28N3S.C15H28O2.Ir/c1-18(2)12-21-15-27-28(33-21)23(10-11-30-27)26-16-25(31-17-32-26)20-13-19-8-6-7-9-22(19)24(14-20)29(3,4)5;1-7-14(5,8-2)12(16)11-13(17)15(6,9-3)10-4;/h6-11,14-18H,12H2,1-5H3;11,16H,7-10H2,1-6H3;/q-1;;/b;12-11-;. The zero-order valence-corrected chi connectivity index (χ0v) is 35.6. The fraction of sp³-hybridized carbons (Fsp3) is 0.455. The second-order valence-electron chi connectivity index (χ2n) is 15.5. The largest absolute Gasteiger partial charge is 0.512 e. The molecule has 3 heterocycles. The van der Waals surface area contributed by atoms with Gasteiger partial charge in [-0.2, -0.15) is 0 Å². The van der Waals surface area contributed by atoms with Crippen LogP contribution in [-0.2, 0) is 36.7 Å². The molecule has 0 saturated heterocycles. The fourth-order valence-electron chi connectivity index (χ4n) is 6.02. The van der Waals surface area contributed by atoms with E-state index in [1.54, 1.807) is 6.33 Å². The van der Waals surface area contributed by atoms with Crippen molar-refractivity contribution in [1.29, 1.82) is 0 Å². The average molecular weight is 883 g/mol. The number of rotatable bonds is 11. The van der Waals surface area contributed by atoms with E-state index < -0.39 is 0 Å². The van der Waals surface area contributed by atoms with Gasteiger partial charge >= 0.3 is 0 Å². The van der Waals surface area contributed by atoms with Crippen LogP contribution in [0.25, 0.3) is 43.5 Å². The smallest absolute Gasteiger partial charge is 0.164 e. The number of pyridine rings is 1. The number of hydrogen-bond acceptors (Lipinski definition) is 6. The molecule has 0 aliphatic rings. The number of ketones is 1. The number of carbonyl (C=O) groups is 1. The Kier molecular flexibility index (Phi) is 14.5. The molecule has 0 unspecified atom stereocenters. The summed E-state index contributed by atoms with van der Waals surface area (Å²) in [4.78, 5) is 27.4. The van der Waals surface area contributed by atoms with Crippen LogP contribution in [0.1, 0.15) is 112 Å². The summed E-state index contributed by atoms with van der Waals surface area (Å²) >= 11 is 1.83. The summed E-state index contributed by atoms with van der Waals surface area (Å²) in [6.07, 6.45) is 9.37. The molecular formula is C44H56IrN3O2S-. The van der Waals surface area contributed by atoms with Crippen molar-refractivity contribution >= 4 is 38.1 Å². The van der Waals surface area contributed by atoms with Gasteiger partial charge in [0.15, 0.2) is 5.78 Å². The molecule has 0 amide bonds. The number of carbonyl (C=O) groups excluding carboxylic acids is 1. The zero-order chi connectivity index (χ0) is 36.9. The Labute approximate surface area is 323 Å². The number of thiophene rings is 1. The Morgan fingerprint density at radius 2 is 1.49 bits per heavy atom. The number of aromatic nitrogens is 3. The molecule has 0 spiro atoms. The van der Waals surface area contributed by atoms with Crippen molar-refractivity contribution in [3.63, 3.8) is 0 Å². The number of aliphatic hydroxyl groups is 1. The van der Waals surface area contributed by atoms with Gasteiger partial charge in [0, 0.05) is 59.3 Å². The van der Waals surface area contributed by atoms with Crippen LogP contribution in [0.15, 0.2) is 72.9 Å². The van der Waals surface area contributed by atoms with Gasteiger partial charge in [-0.15, -0.1) is 40.5 Å². The van der Waals surface area contributed by atoms with Gasteiger partial charge in [-0.25, -0.2) is 4.98 Å². The molecule has 3 aromatic heterocycles. The Morgan fingerprint density at radius 1 is 0.863 bits per heavy atom. The van der Waals surface area contributed by atoms with Gasteiger partial charge in [-0.05, 0) is 61.6 Å². The van der Waals surface area contributed by atoms with E-state index in [2.05, 4.69) is 104 Å². The van der Waals surface area contributed by atoms with E-state index >= 15 is 0 Å². The zero-order valence-electron chi connectivity index (χ0n) is 32.4. The summed E-state index contributed by atoms with van der Waals surface area (Å²) < 4.78 is 1.19. The second-order valence-corrected chi connectivity index (χ2v) is 16.6. The minimum Gasteiger partial charge on any atom is -0.512 e. The monoisotopic (exact) mass is 883 g/mol. The first-order chi connectivity index (χ1) is 23.6. The first kappa shape index (κ1) is 42.2. The van der Waals surface area contributed by atoms with E-state index in [0.717, 1.165) is 65.5 Å². The first-order valence-corrected chi connectivity index (χ1v) is 19.0. The SMILES string of the molecule is CC(C)Cc1cc2nccc(-c3cc(-c4[c-]c5ccccc5c(C(C)(C)C)c4)ncn3)c2s1.CCC(C)(CC)C(=O)/C=C(\O)C(C)(CC)CC.[Ir]. The molecule has 275 valence electrons. The molecule has 1 N–H and O–H groups in total. The van der Waals surface area contributed by atoms with E-state index in [9.17, 15) is 9.90 Å². The van der Waals surface area contributed by atoms with E-state index in [1.165, 1.54) is 26.6 Å². The fourth-order valence-corrected chi connectivity index (χ4v) is 7.36. The normalized spacial score (nSPS) is 12.5. The molecule has 0 aliphatic heterocycles. The Hall–Kier alpha value is -3.25. The van der Waals surface area contributed by atoms with E-state index in [4.69, 9.17) is 0 Å². The molecule has 0 aliphatic carbocycles. The summed E-state index contributed by atoms with van der Waals surface area (Å²) in [6, 6.07) is 20.7. The predicted octanol–water partition coefficient (Wildman–Crippen LogP) is 12.5. The third-order valence-corrected chi connectivity index (χ3v) is 11.7. The number of benzene rings is 2. The number of aliphatic hydroxyl groups excluding tert-OH is 1. The summed E-state index contributed by atoms with van der Waals surface area (Å²) in [7, 11) is 0. The van der Waals surface area contributed by atoms with Crippen LogP contribution in [-0.4, -0.2) is 25.8 Å². The molecule has 0 fully saturated rings. The first-order valence-electron chi connectivity index (χ1n) is 18.2. The predicted molar refractivity (Wildman–Crippen MR) is 213 cm³/mol. The van der Waals surface area contributed by atoms with Crippen LogP contribution >= 0.6 is 11.3 Å². The maximum Gasteiger partial charge on any atom is 0.164 e. The van der Waals surface area contributed by atoms with E-state index in [1.807, 2.05) is 59.1 Å². The van der Waals surface area contributed by atoms with Crippen LogP contribution in [0.2, 0.25) is 0 Å². The van der Waals surface area contributed by atoms with Crippen molar-refractivity contribution in [2.45, 2.75) is 114 Å². The van der Waals surface area contributed by atoms with Gasteiger partial charge in [0.2, 0.25) is 0 Å². The molecular weight excluding hydrogens is 827 g/mol. The molecule has 0 atom stereocenters. The molecule has 2 aromatic carbocycles. The molecule has 5 aromatic rings. The van der Waals surface area contributed by atoms with E-state index in [-0.39, 0.29) is 47.9 Å². The summed E-state index contributed by atoms with van der Waals surface area (Å²) in [5, 5.41) is 12.5. The maximum atomic E-state index is 12.2. The molecule has 5 nitrogen and oxygen atoms in total. The van der Waals surface area contributed by atoms with Crippen molar-refractivity contribution < 1.29 is 30.0 Å². The van der Waals surface area contributed by atoms with Gasteiger partial charge in [0.05, 0.1) is 15.9 Å². The topological polar surface area (TPSA) is 76.0 Å². The van der Waals surface area contributed by atoms with Crippen LogP contribution < -0.4 is 0 Å². The molecule has 0 saturated carbocycles. The number of nitrogens with zero attached hydrogens (tertiary/aromatic N) is 3. The van der Waals surface area contributed by atoms with Crippen molar-refractivity contribution in [2.24, 2.45) is 16.7 Å². The van der Waals surface area contributed by atoms with Crippen molar-refractivity contribution in [1.82, 2.24) is 15.0 Å². The molecule has 51 heavy (non-hydrogen) atoms. The molecule has 7 heteroatoms. The van der Waals surface area contributed by atoms with Crippen molar-refractivity contribution in [2.75, 3.05) is 0 Å². The van der Waals surface area contributed by atoms with Crippen molar-refractivity contribution in [3.8, 4) is 22.5 Å². The number of hydrogen-bond donors (Lipinski definition) is 1. The maximum absolute atomic E-state index is 12.2.